The van der Waals surface area contributed by atoms with E-state index >= 15 is 0 Å². The number of amides is 1. The molecule has 1 aromatic heterocycles. The monoisotopic (exact) mass is 286 g/mol. The lowest BCUT2D eigenvalue weighted by Crippen LogP contribution is -2.27. The molecule has 1 aromatic carbocycles. The maximum absolute atomic E-state index is 12.4. The molecule has 0 saturated carbocycles. The van der Waals surface area contributed by atoms with Crippen molar-refractivity contribution in [3.05, 3.63) is 46.8 Å². The first-order chi connectivity index (χ1) is 9.90. The van der Waals surface area contributed by atoms with Gasteiger partial charge in [-0.25, -0.2) is 0 Å². The third kappa shape index (κ3) is 3.24. The van der Waals surface area contributed by atoms with Gasteiger partial charge in [-0.15, -0.1) is 0 Å². The summed E-state index contributed by atoms with van der Waals surface area (Å²) < 4.78 is 0. The van der Waals surface area contributed by atoms with Crippen molar-refractivity contribution in [3.63, 3.8) is 0 Å². The summed E-state index contributed by atoms with van der Waals surface area (Å²) >= 11 is 0. The van der Waals surface area contributed by atoms with Crippen LogP contribution in [-0.2, 0) is 6.54 Å². The van der Waals surface area contributed by atoms with Gasteiger partial charge >= 0.3 is 0 Å². The Labute approximate surface area is 125 Å². The molecule has 0 atom stereocenters. The number of nitrogens with zero attached hydrogens (tertiary/aromatic N) is 2. The molecule has 0 fully saturated rings. The van der Waals surface area contributed by atoms with Gasteiger partial charge in [-0.3, -0.25) is 9.89 Å². The van der Waals surface area contributed by atoms with Crippen molar-refractivity contribution in [2.75, 3.05) is 12.8 Å². The SMILES string of the molecule is Cc1ccc(CN(C)C(=O)c2n[nH]c(C(C)C)c2N)cc1. The van der Waals surface area contributed by atoms with Crippen LogP contribution in [0.5, 0.6) is 0 Å². The van der Waals surface area contributed by atoms with Crippen LogP contribution in [0.25, 0.3) is 0 Å². The van der Waals surface area contributed by atoms with E-state index in [1.165, 1.54) is 5.56 Å². The third-order valence-corrected chi connectivity index (χ3v) is 3.50. The van der Waals surface area contributed by atoms with Gasteiger partial charge in [-0.1, -0.05) is 43.7 Å². The molecule has 5 nitrogen and oxygen atoms in total. The summed E-state index contributed by atoms with van der Waals surface area (Å²) in [4.78, 5) is 14.1. The Kier molecular flexibility index (Phi) is 4.31. The molecule has 1 amide bonds. The van der Waals surface area contributed by atoms with E-state index in [1.54, 1.807) is 11.9 Å². The van der Waals surface area contributed by atoms with Crippen molar-refractivity contribution >= 4 is 11.6 Å². The molecule has 0 radical (unpaired) electrons. The maximum Gasteiger partial charge on any atom is 0.276 e. The zero-order valence-electron chi connectivity index (χ0n) is 13.0. The minimum Gasteiger partial charge on any atom is -0.395 e. The number of nitrogens with two attached hydrogens (primary N) is 1. The molecule has 0 unspecified atom stereocenters. The lowest BCUT2D eigenvalue weighted by molar-refractivity contribution is 0.0780. The summed E-state index contributed by atoms with van der Waals surface area (Å²) in [6.45, 7) is 6.58. The number of rotatable bonds is 4. The summed E-state index contributed by atoms with van der Waals surface area (Å²) in [5, 5.41) is 6.93. The number of carbonyl (C=O) groups excluding carboxylic acids is 1. The highest BCUT2D eigenvalue weighted by atomic mass is 16.2. The first kappa shape index (κ1) is 15.1. The summed E-state index contributed by atoms with van der Waals surface area (Å²) in [5.74, 6) is 0.0395. The van der Waals surface area contributed by atoms with Crippen LogP contribution in [0.3, 0.4) is 0 Å². The van der Waals surface area contributed by atoms with Crippen LogP contribution >= 0.6 is 0 Å². The second kappa shape index (κ2) is 5.99. The number of nitrogens with one attached hydrogen (secondary N) is 1. The van der Waals surface area contributed by atoms with Gasteiger partial charge < -0.3 is 10.6 Å². The number of hydrogen-bond acceptors (Lipinski definition) is 3. The second-order valence-electron chi connectivity index (χ2n) is 5.70. The van der Waals surface area contributed by atoms with E-state index in [0.29, 0.717) is 17.9 Å². The van der Waals surface area contributed by atoms with Crippen molar-refractivity contribution in [1.29, 1.82) is 0 Å². The molecule has 0 saturated heterocycles. The average Bonchev–Trinajstić information content (AvgIpc) is 2.82. The van der Waals surface area contributed by atoms with E-state index in [2.05, 4.69) is 10.2 Å². The van der Waals surface area contributed by atoms with E-state index in [9.17, 15) is 4.79 Å². The lowest BCUT2D eigenvalue weighted by atomic mass is 10.1. The molecule has 0 aliphatic heterocycles. The Morgan fingerprint density at radius 1 is 1.33 bits per heavy atom. The average molecular weight is 286 g/mol. The van der Waals surface area contributed by atoms with E-state index in [4.69, 9.17) is 5.73 Å². The Bertz CT molecular complexity index is 628. The molecular weight excluding hydrogens is 264 g/mol. The highest BCUT2D eigenvalue weighted by molar-refractivity contribution is 5.97. The fourth-order valence-corrected chi connectivity index (χ4v) is 2.19. The van der Waals surface area contributed by atoms with Gasteiger partial charge in [-0.05, 0) is 18.4 Å². The lowest BCUT2D eigenvalue weighted by Gasteiger charge is -2.16. The molecule has 1 heterocycles. The van der Waals surface area contributed by atoms with E-state index in [1.807, 2.05) is 45.0 Å². The Balaban J connectivity index is 2.14. The fourth-order valence-electron chi connectivity index (χ4n) is 2.19. The number of aromatic amines is 1. The zero-order chi connectivity index (χ0) is 15.6. The minimum absolute atomic E-state index is 0.170. The smallest absolute Gasteiger partial charge is 0.276 e. The van der Waals surface area contributed by atoms with Gasteiger partial charge in [0.05, 0.1) is 11.4 Å². The van der Waals surface area contributed by atoms with E-state index in [-0.39, 0.29) is 11.8 Å². The topological polar surface area (TPSA) is 75.0 Å². The highest BCUT2D eigenvalue weighted by Crippen LogP contribution is 2.23. The second-order valence-corrected chi connectivity index (χ2v) is 5.70. The number of nitrogen functional groups attached to an aromatic ring is 1. The van der Waals surface area contributed by atoms with Crippen LogP contribution in [0.1, 0.15) is 47.1 Å². The van der Waals surface area contributed by atoms with Crippen molar-refractivity contribution in [2.24, 2.45) is 0 Å². The Morgan fingerprint density at radius 2 is 1.95 bits per heavy atom. The van der Waals surface area contributed by atoms with Gasteiger partial charge in [0.25, 0.3) is 5.91 Å². The number of benzene rings is 1. The number of hydrogen-bond donors (Lipinski definition) is 2. The van der Waals surface area contributed by atoms with Crippen LogP contribution in [0, 0.1) is 6.92 Å². The Morgan fingerprint density at radius 3 is 2.48 bits per heavy atom. The predicted octanol–water partition coefficient (Wildman–Crippen LogP) is 2.70. The number of H-pyrrole nitrogens is 1. The van der Waals surface area contributed by atoms with Gasteiger partial charge in [-0.2, -0.15) is 5.10 Å². The molecule has 3 N–H and O–H groups in total. The maximum atomic E-state index is 12.4. The zero-order valence-corrected chi connectivity index (χ0v) is 13.0. The largest absolute Gasteiger partial charge is 0.395 e. The number of carbonyl (C=O) groups is 1. The highest BCUT2D eigenvalue weighted by Gasteiger charge is 2.21. The summed E-state index contributed by atoms with van der Waals surface area (Å²) in [6, 6.07) is 8.11. The van der Waals surface area contributed by atoms with E-state index < -0.39 is 0 Å². The number of aromatic nitrogens is 2. The molecule has 2 aromatic rings. The summed E-state index contributed by atoms with van der Waals surface area (Å²) in [6.07, 6.45) is 0. The molecule has 0 aliphatic rings. The first-order valence-corrected chi connectivity index (χ1v) is 7.05. The van der Waals surface area contributed by atoms with Crippen LogP contribution in [0.15, 0.2) is 24.3 Å². The number of aryl methyl sites for hydroxylation is 1. The van der Waals surface area contributed by atoms with Crippen molar-refractivity contribution in [3.8, 4) is 0 Å². The van der Waals surface area contributed by atoms with Crippen molar-refractivity contribution in [2.45, 2.75) is 33.2 Å². The molecule has 0 aliphatic carbocycles. The molecule has 2 rings (SSSR count). The van der Waals surface area contributed by atoms with Crippen LogP contribution in [0.2, 0.25) is 0 Å². The van der Waals surface area contributed by atoms with Gasteiger partial charge in [0.2, 0.25) is 0 Å². The van der Waals surface area contributed by atoms with Gasteiger partial charge in [0.15, 0.2) is 5.69 Å². The Hall–Kier alpha value is -2.30. The standard InChI is InChI=1S/C16H22N4O/c1-10(2)14-13(17)15(19-18-14)16(21)20(4)9-12-7-5-11(3)6-8-12/h5-8,10H,9,17H2,1-4H3,(H,18,19). The van der Waals surface area contributed by atoms with Crippen LogP contribution < -0.4 is 5.73 Å². The van der Waals surface area contributed by atoms with Crippen molar-refractivity contribution < 1.29 is 4.79 Å². The van der Waals surface area contributed by atoms with Crippen LogP contribution in [0.4, 0.5) is 5.69 Å². The van der Waals surface area contributed by atoms with E-state index in [0.717, 1.165) is 11.3 Å². The van der Waals surface area contributed by atoms with Gasteiger partial charge in [0, 0.05) is 13.6 Å². The molecule has 0 spiro atoms. The van der Waals surface area contributed by atoms with Gasteiger partial charge in [0.1, 0.15) is 0 Å². The summed E-state index contributed by atoms with van der Waals surface area (Å²) in [5.41, 5.74) is 9.85. The fraction of sp³-hybridized carbons (Fsp3) is 0.375. The summed E-state index contributed by atoms with van der Waals surface area (Å²) in [7, 11) is 1.76. The third-order valence-electron chi connectivity index (χ3n) is 3.50. The van der Waals surface area contributed by atoms with Crippen molar-refractivity contribution in [1.82, 2.24) is 15.1 Å². The number of anilines is 1. The predicted molar refractivity (Wildman–Crippen MR) is 84.1 cm³/mol. The molecule has 21 heavy (non-hydrogen) atoms. The molecular formula is C16H22N4O. The minimum atomic E-state index is -0.170. The molecule has 0 bridgehead atoms. The molecule has 112 valence electrons. The first-order valence-electron chi connectivity index (χ1n) is 7.05. The quantitative estimate of drug-likeness (QED) is 0.907. The molecule has 5 heteroatoms. The normalized spacial score (nSPS) is 10.9. The van der Waals surface area contributed by atoms with Crippen LogP contribution in [-0.4, -0.2) is 28.1 Å².